The second kappa shape index (κ2) is 6.10. The van der Waals surface area contributed by atoms with Crippen molar-refractivity contribution in [2.24, 2.45) is 0 Å². The van der Waals surface area contributed by atoms with E-state index in [1.165, 1.54) is 16.7 Å². The largest absolute Gasteiger partial charge is 0.377 e. The summed E-state index contributed by atoms with van der Waals surface area (Å²) in [7, 11) is 0. The van der Waals surface area contributed by atoms with Crippen LogP contribution in [-0.4, -0.2) is 0 Å². The molecule has 0 aliphatic rings. The molecule has 3 heteroatoms. The maximum atomic E-state index is 3.58. The molecular formula is C16H17Br2N. The maximum absolute atomic E-state index is 3.58. The Balaban J connectivity index is 2.25. The highest BCUT2D eigenvalue weighted by molar-refractivity contribution is 9.11. The van der Waals surface area contributed by atoms with Gasteiger partial charge in [0.05, 0.1) is 5.69 Å². The van der Waals surface area contributed by atoms with Crippen molar-refractivity contribution in [2.75, 3.05) is 5.32 Å². The van der Waals surface area contributed by atoms with Crippen molar-refractivity contribution in [3.63, 3.8) is 0 Å². The monoisotopic (exact) mass is 381 g/mol. The lowest BCUT2D eigenvalue weighted by molar-refractivity contribution is 0.879. The predicted molar refractivity (Wildman–Crippen MR) is 89.8 cm³/mol. The van der Waals surface area contributed by atoms with Crippen LogP contribution in [0.2, 0.25) is 0 Å². The summed E-state index contributed by atoms with van der Waals surface area (Å²) in [6, 6.07) is 13.0. The molecule has 2 aromatic carbocycles. The number of aryl methyl sites for hydroxylation is 2. The van der Waals surface area contributed by atoms with Gasteiger partial charge in [0, 0.05) is 15.0 Å². The molecule has 2 aromatic rings. The summed E-state index contributed by atoms with van der Waals surface area (Å²) >= 11 is 7.16. The molecule has 0 saturated carbocycles. The van der Waals surface area contributed by atoms with Crippen LogP contribution in [0.25, 0.3) is 0 Å². The molecule has 2 rings (SSSR count). The number of hydrogen-bond donors (Lipinski definition) is 1. The smallest absolute Gasteiger partial charge is 0.0633 e. The van der Waals surface area contributed by atoms with E-state index in [4.69, 9.17) is 0 Å². The fraction of sp³-hybridized carbons (Fsp3) is 0.250. The van der Waals surface area contributed by atoms with Crippen molar-refractivity contribution < 1.29 is 0 Å². The fourth-order valence-corrected chi connectivity index (χ4v) is 3.20. The summed E-state index contributed by atoms with van der Waals surface area (Å²) in [6.45, 7) is 6.47. The van der Waals surface area contributed by atoms with Crippen LogP contribution < -0.4 is 5.32 Å². The van der Waals surface area contributed by atoms with Crippen LogP contribution in [0.15, 0.2) is 45.3 Å². The van der Waals surface area contributed by atoms with Gasteiger partial charge in [0.2, 0.25) is 0 Å². The van der Waals surface area contributed by atoms with E-state index in [1.54, 1.807) is 0 Å². The summed E-state index contributed by atoms with van der Waals surface area (Å²) in [5, 5.41) is 3.55. The van der Waals surface area contributed by atoms with Gasteiger partial charge in [-0.2, -0.15) is 0 Å². The van der Waals surface area contributed by atoms with E-state index < -0.39 is 0 Å². The number of anilines is 1. The first-order valence-corrected chi connectivity index (χ1v) is 7.85. The third-order valence-corrected chi connectivity index (χ3v) is 4.68. The Morgan fingerprint density at radius 1 is 0.947 bits per heavy atom. The van der Waals surface area contributed by atoms with Gasteiger partial charge < -0.3 is 5.32 Å². The van der Waals surface area contributed by atoms with Gasteiger partial charge in [-0.25, -0.2) is 0 Å². The van der Waals surface area contributed by atoms with Gasteiger partial charge in [0.15, 0.2) is 0 Å². The van der Waals surface area contributed by atoms with Crippen LogP contribution >= 0.6 is 31.9 Å². The van der Waals surface area contributed by atoms with Crippen molar-refractivity contribution in [2.45, 2.75) is 26.8 Å². The van der Waals surface area contributed by atoms with Gasteiger partial charge in [-0.3, -0.25) is 0 Å². The van der Waals surface area contributed by atoms with Crippen molar-refractivity contribution >= 4 is 37.5 Å². The SMILES string of the molecule is Cc1ccc(C(C)Nc2c(Br)cccc2Br)cc1C. The van der Waals surface area contributed by atoms with Crippen LogP contribution in [0.1, 0.15) is 29.7 Å². The van der Waals surface area contributed by atoms with Crippen LogP contribution in [0, 0.1) is 13.8 Å². The van der Waals surface area contributed by atoms with Crippen LogP contribution in [0.5, 0.6) is 0 Å². The van der Waals surface area contributed by atoms with Crippen molar-refractivity contribution in [3.05, 3.63) is 62.0 Å². The van der Waals surface area contributed by atoms with Crippen molar-refractivity contribution in [1.29, 1.82) is 0 Å². The van der Waals surface area contributed by atoms with Crippen LogP contribution in [-0.2, 0) is 0 Å². The molecule has 0 amide bonds. The molecule has 0 aliphatic carbocycles. The third kappa shape index (κ3) is 3.40. The summed E-state index contributed by atoms with van der Waals surface area (Å²) in [6.07, 6.45) is 0. The molecule has 0 radical (unpaired) electrons. The minimum absolute atomic E-state index is 0.259. The highest BCUT2D eigenvalue weighted by atomic mass is 79.9. The van der Waals surface area contributed by atoms with E-state index in [0.29, 0.717) is 0 Å². The zero-order chi connectivity index (χ0) is 14.0. The third-order valence-electron chi connectivity index (χ3n) is 3.35. The summed E-state index contributed by atoms with van der Waals surface area (Å²) < 4.78 is 2.13. The Kier molecular flexibility index (Phi) is 4.69. The molecule has 1 unspecified atom stereocenters. The number of rotatable bonds is 3. The average Bonchev–Trinajstić information content (AvgIpc) is 2.37. The molecule has 1 atom stereocenters. The second-order valence-corrected chi connectivity index (χ2v) is 6.52. The summed E-state index contributed by atoms with van der Waals surface area (Å²) in [5.41, 5.74) is 5.05. The Bertz CT molecular complexity index is 573. The Morgan fingerprint density at radius 2 is 1.58 bits per heavy atom. The van der Waals surface area contributed by atoms with E-state index in [1.807, 2.05) is 18.2 Å². The average molecular weight is 383 g/mol. The number of para-hydroxylation sites is 1. The van der Waals surface area contributed by atoms with E-state index in [2.05, 4.69) is 76.1 Å². The predicted octanol–water partition coefficient (Wildman–Crippen LogP) is 6.00. The van der Waals surface area contributed by atoms with Crippen molar-refractivity contribution in [3.8, 4) is 0 Å². The Hall–Kier alpha value is -0.800. The molecule has 100 valence electrons. The van der Waals surface area contributed by atoms with Gasteiger partial charge in [-0.05, 0) is 81.5 Å². The number of hydrogen-bond acceptors (Lipinski definition) is 1. The van der Waals surface area contributed by atoms with Gasteiger partial charge in [0.1, 0.15) is 0 Å². The van der Waals surface area contributed by atoms with Crippen LogP contribution in [0.4, 0.5) is 5.69 Å². The molecule has 0 heterocycles. The zero-order valence-corrected chi connectivity index (χ0v) is 14.5. The van der Waals surface area contributed by atoms with Gasteiger partial charge >= 0.3 is 0 Å². The molecule has 0 fully saturated rings. The molecule has 19 heavy (non-hydrogen) atoms. The van der Waals surface area contributed by atoms with E-state index >= 15 is 0 Å². The first-order valence-electron chi connectivity index (χ1n) is 6.26. The second-order valence-electron chi connectivity index (χ2n) is 4.81. The lowest BCUT2D eigenvalue weighted by atomic mass is 10.0. The fourth-order valence-electron chi connectivity index (χ4n) is 1.97. The number of nitrogens with one attached hydrogen (secondary N) is 1. The van der Waals surface area contributed by atoms with Crippen molar-refractivity contribution in [1.82, 2.24) is 0 Å². The summed E-state index contributed by atoms with van der Waals surface area (Å²) in [5.74, 6) is 0. The maximum Gasteiger partial charge on any atom is 0.0633 e. The molecule has 0 saturated heterocycles. The van der Waals surface area contributed by atoms with E-state index in [-0.39, 0.29) is 6.04 Å². The molecule has 0 aliphatic heterocycles. The zero-order valence-electron chi connectivity index (χ0n) is 11.3. The van der Waals surface area contributed by atoms with E-state index in [0.717, 1.165) is 14.6 Å². The van der Waals surface area contributed by atoms with Crippen LogP contribution in [0.3, 0.4) is 0 Å². The highest BCUT2D eigenvalue weighted by Gasteiger charge is 2.10. The first kappa shape index (κ1) is 14.6. The first-order chi connectivity index (χ1) is 8.99. The Morgan fingerprint density at radius 3 is 2.16 bits per heavy atom. The number of halogens is 2. The van der Waals surface area contributed by atoms with E-state index in [9.17, 15) is 0 Å². The van der Waals surface area contributed by atoms with Gasteiger partial charge in [0.25, 0.3) is 0 Å². The minimum atomic E-state index is 0.259. The molecular weight excluding hydrogens is 366 g/mol. The summed E-state index contributed by atoms with van der Waals surface area (Å²) in [4.78, 5) is 0. The lowest BCUT2D eigenvalue weighted by Gasteiger charge is -2.19. The van der Waals surface area contributed by atoms with Gasteiger partial charge in [-0.15, -0.1) is 0 Å². The molecule has 1 N–H and O–H groups in total. The molecule has 0 spiro atoms. The number of benzene rings is 2. The Labute approximate surface area is 131 Å². The molecule has 0 bridgehead atoms. The lowest BCUT2D eigenvalue weighted by Crippen LogP contribution is -2.08. The quantitative estimate of drug-likeness (QED) is 0.686. The molecule has 1 nitrogen and oxygen atoms in total. The molecule has 0 aromatic heterocycles. The normalized spacial score (nSPS) is 12.3. The standard InChI is InChI=1S/C16H17Br2N/c1-10-7-8-13(9-11(10)2)12(3)19-16-14(17)5-4-6-15(16)18/h4-9,12,19H,1-3H3. The van der Waals surface area contributed by atoms with Gasteiger partial charge in [-0.1, -0.05) is 24.3 Å². The minimum Gasteiger partial charge on any atom is -0.377 e. The topological polar surface area (TPSA) is 12.0 Å². The highest BCUT2D eigenvalue weighted by Crippen LogP contribution is 2.33.